The number of carbonyl (C=O) groups excluding carboxylic acids is 2. The predicted octanol–water partition coefficient (Wildman–Crippen LogP) is 4.29. The van der Waals surface area contributed by atoms with Crippen LogP contribution in [0.5, 0.6) is 11.5 Å². The van der Waals surface area contributed by atoms with Crippen LogP contribution in [0.4, 0.5) is 5.13 Å². The fourth-order valence-electron chi connectivity index (χ4n) is 1.90. The van der Waals surface area contributed by atoms with Crippen LogP contribution >= 0.6 is 22.9 Å². The van der Waals surface area contributed by atoms with Gasteiger partial charge < -0.3 is 9.47 Å². The van der Waals surface area contributed by atoms with Crippen LogP contribution in [-0.2, 0) is 0 Å². The molecule has 0 aliphatic rings. The fourth-order valence-corrected chi connectivity index (χ4v) is 2.91. The van der Waals surface area contributed by atoms with E-state index in [1.807, 2.05) is 13.8 Å². The summed E-state index contributed by atoms with van der Waals surface area (Å²) in [6.45, 7) is 5.94. The van der Waals surface area contributed by atoms with Crippen molar-refractivity contribution in [3.05, 3.63) is 33.8 Å². The van der Waals surface area contributed by atoms with Crippen molar-refractivity contribution in [1.82, 2.24) is 4.98 Å². The van der Waals surface area contributed by atoms with Gasteiger partial charge in [-0.05, 0) is 18.1 Å². The second kappa shape index (κ2) is 8.31. The van der Waals surface area contributed by atoms with Gasteiger partial charge >= 0.3 is 0 Å². The summed E-state index contributed by atoms with van der Waals surface area (Å²) >= 11 is 7.42. The number of ketones is 1. The van der Waals surface area contributed by atoms with Crippen molar-refractivity contribution in [2.24, 2.45) is 5.92 Å². The molecule has 0 saturated heterocycles. The molecule has 1 heterocycles. The lowest BCUT2D eigenvalue weighted by Gasteiger charge is -2.15. The monoisotopic (exact) mass is 382 g/mol. The van der Waals surface area contributed by atoms with E-state index in [4.69, 9.17) is 21.1 Å². The number of amides is 1. The van der Waals surface area contributed by atoms with Crippen LogP contribution in [0.3, 0.4) is 0 Å². The van der Waals surface area contributed by atoms with Gasteiger partial charge in [0.15, 0.2) is 22.4 Å². The van der Waals surface area contributed by atoms with Gasteiger partial charge in [0.25, 0.3) is 5.91 Å². The summed E-state index contributed by atoms with van der Waals surface area (Å²) in [6, 6.07) is 3.06. The average Bonchev–Trinajstić information content (AvgIpc) is 3.01. The van der Waals surface area contributed by atoms with Crippen molar-refractivity contribution in [2.75, 3.05) is 19.0 Å². The molecule has 1 aromatic heterocycles. The van der Waals surface area contributed by atoms with E-state index >= 15 is 0 Å². The first-order valence-electron chi connectivity index (χ1n) is 7.60. The van der Waals surface area contributed by atoms with Crippen molar-refractivity contribution < 1.29 is 19.1 Å². The summed E-state index contributed by atoms with van der Waals surface area (Å²) in [5.41, 5.74) is 0.617. The molecule has 2 rings (SSSR count). The van der Waals surface area contributed by atoms with Gasteiger partial charge in [-0.15, -0.1) is 11.3 Å². The Kier molecular flexibility index (Phi) is 6.39. The lowest BCUT2D eigenvalue weighted by atomic mass is 10.2. The number of aromatic nitrogens is 1. The Morgan fingerprint density at radius 3 is 2.64 bits per heavy atom. The normalized spacial score (nSPS) is 10.6. The zero-order chi connectivity index (χ0) is 18.6. The molecule has 0 spiro atoms. The number of hydrogen-bond donors (Lipinski definition) is 1. The number of thiazole rings is 1. The summed E-state index contributed by atoms with van der Waals surface area (Å²) in [6.07, 6.45) is 0. The minimum atomic E-state index is -0.403. The van der Waals surface area contributed by atoms with E-state index in [1.54, 1.807) is 11.4 Å². The van der Waals surface area contributed by atoms with Gasteiger partial charge in [0.2, 0.25) is 0 Å². The number of nitrogens with one attached hydrogen (secondary N) is 1. The largest absolute Gasteiger partial charge is 0.493 e. The van der Waals surface area contributed by atoms with Crippen LogP contribution < -0.4 is 14.8 Å². The fraction of sp³-hybridized carbons (Fsp3) is 0.353. The van der Waals surface area contributed by atoms with E-state index in [1.165, 1.54) is 31.4 Å². The summed E-state index contributed by atoms with van der Waals surface area (Å²) < 4.78 is 11.0. The first-order chi connectivity index (χ1) is 11.8. The highest BCUT2D eigenvalue weighted by atomic mass is 35.5. The molecule has 0 aliphatic heterocycles. The van der Waals surface area contributed by atoms with Crippen molar-refractivity contribution in [1.29, 1.82) is 0 Å². The predicted molar refractivity (Wildman–Crippen MR) is 98.4 cm³/mol. The van der Waals surface area contributed by atoms with Crippen LogP contribution in [0.15, 0.2) is 17.5 Å². The first kappa shape index (κ1) is 19.2. The molecule has 1 N–H and O–H groups in total. The van der Waals surface area contributed by atoms with Gasteiger partial charge in [0.05, 0.1) is 18.7 Å². The van der Waals surface area contributed by atoms with Crippen LogP contribution in [0.1, 0.15) is 41.6 Å². The zero-order valence-corrected chi connectivity index (χ0v) is 16.0. The summed E-state index contributed by atoms with van der Waals surface area (Å²) in [5, 5.41) is 4.86. The van der Waals surface area contributed by atoms with E-state index in [0.29, 0.717) is 40.4 Å². The highest BCUT2D eigenvalue weighted by Crippen LogP contribution is 2.37. The Morgan fingerprint density at radius 1 is 1.36 bits per heavy atom. The molecule has 0 saturated carbocycles. The van der Waals surface area contributed by atoms with Crippen LogP contribution in [0, 0.1) is 5.92 Å². The summed E-state index contributed by atoms with van der Waals surface area (Å²) in [5.74, 6) is 0.543. The number of hydrogen-bond acceptors (Lipinski definition) is 6. The molecular weight excluding hydrogens is 364 g/mol. The molecule has 0 unspecified atom stereocenters. The van der Waals surface area contributed by atoms with Gasteiger partial charge in [-0.2, -0.15) is 0 Å². The third-order valence-electron chi connectivity index (χ3n) is 3.14. The minimum Gasteiger partial charge on any atom is -0.493 e. The highest BCUT2D eigenvalue weighted by Gasteiger charge is 2.17. The molecule has 0 aliphatic carbocycles. The minimum absolute atomic E-state index is 0.159. The zero-order valence-electron chi connectivity index (χ0n) is 14.4. The number of benzene rings is 1. The average molecular weight is 383 g/mol. The number of halogens is 1. The van der Waals surface area contributed by atoms with E-state index in [9.17, 15) is 9.59 Å². The lowest BCUT2D eigenvalue weighted by Crippen LogP contribution is -2.13. The number of nitrogens with zero attached hydrogens (tertiary/aromatic N) is 1. The van der Waals surface area contributed by atoms with Crippen LogP contribution in [0.25, 0.3) is 0 Å². The number of anilines is 1. The number of methoxy groups -OCH3 is 1. The van der Waals surface area contributed by atoms with Gasteiger partial charge in [0.1, 0.15) is 5.69 Å². The molecular formula is C17H19ClN2O4S. The van der Waals surface area contributed by atoms with Crippen molar-refractivity contribution in [3.8, 4) is 11.5 Å². The lowest BCUT2D eigenvalue weighted by molar-refractivity contribution is 0.100. The van der Waals surface area contributed by atoms with Crippen molar-refractivity contribution >= 4 is 39.8 Å². The Hall–Kier alpha value is -2.12. The quantitative estimate of drug-likeness (QED) is 0.722. The van der Waals surface area contributed by atoms with Gasteiger partial charge in [-0.1, -0.05) is 25.4 Å². The molecule has 0 bridgehead atoms. The molecule has 0 fully saturated rings. The molecule has 8 heteroatoms. The maximum Gasteiger partial charge on any atom is 0.257 e. The van der Waals surface area contributed by atoms with E-state index in [2.05, 4.69) is 10.3 Å². The SMILES string of the molecule is COc1cc(C(=O)Nc2nc(C(C)=O)cs2)cc(Cl)c1OCC(C)C. The first-order valence-corrected chi connectivity index (χ1v) is 8.85. The smallest absolute Gasteiger partial charge is 0.257 e. The molecule has 0 atom stereocenters. The maximum absolute atomic E-state index is 12.4. The number of rotatable bonds is 7. The van der Waals surface area contributed by atoms with Crippen molar-refractivity contribution in [2.45, 2.75) is 20.8 Å². The Morgan fingerprint density at radius 2 is 2.08 bits per heavy atom. The number of Topliss-reactive ketones (excluding diaryl/α,β-unsaturated/α-hetero) is 1. The summed E-state index contributed by atoms with van der Waals surface area (Å²) in [7, 11) is 1.48. The van der Waals surface area contributed by atoms with Gasteiger partial charge in [-0.3, -0.25) is 14.9 Å². The molecule has 6 nitrogen and oxygen atoms in total. The second-order valence-corrected chi connectivity index (χ2v) is 7.01. The molecule has 1 amide bonds. The molecule has 25 heavy (non-hydrogen) atoms. The Balaban J connectivity index is 2.21. The van der Waals surface area contributed by atoms with Crippen molar-refractivity contribution in [3.63, 3.8) is 0 Å². The highest BCUT2D eigenvalue weighted by molar-refractivity contribution is 7.14. The molecule has 0 radical (unpaired) electrons. The van der Waals surface area contributed by atoms with Crippen LogP contribution in [0.2, 0.25) is 5.02 Å². The van der Waals surface area contributed by atoms with Crippen LogP contribution in [-0.4, -0.2) is 30.4 Å². The van der Waals surface area contributed by atoms with E-state index in [0.717, 1.165) is 0 Å². The van der Waals surface area contributed by atoms with Gasteiger partial charge in [0, 0.05) is 17.9 Å². The number of ether oxygens (including phenoxy) is 2. The Bertz CT molecular complexity index is 789. The third kappa shape index (κ3) is 4.93. The number of carbonyl (C=O) groups is 2. The second-order valence-electron chi connectivity index (χ2n) is 5.74. The topological polar surface area (TPSA) is 77.5 Å². The molecule has 134 valence electrons. The molecule has 2 aromatic rings. The van der Waals surface area contributed by atoms with Gasteiger partial charge in [-0.25, -0.2) is 4.98 Å². The summed E-state index contributed by atoms with van der Waals surface area (Å²) in [4.78, 5) is 27.7. The molecule has 1 aromatic carbocycles. The Labute approximate surface area is 155 Å². The van der Waals surface area contributed by atoms with E-state index in [-0.39, 0.29) is 10.8 Å². The standard InChI is InChI=1S/C17H19ClN2O4S/c1-9(2)7-24-15-12(18)5-11(6-14(15)23-4)16(22)20-17-19-13(8-25-17)10(3)21/h5-6,8-9H,7H2,1-4H3,(H,19,20,22). The third-order valence-corrected chi connectivity index (χ3v) is 4.18. The maximum atomic E-state index is 12.4. The van der Waals surface area contributed by atoms with E-state index < -0.39 is 5.91 Å².